The third kappa shape index (κ3) is 3.34. The number of pyridine rings is 1. The number of aromatic nitrogens is 1. The molecule has 3 aromatic rings. The molecule has 2 aromatic carbocycles. The lowest BCUT2D eigenvalue weighted by molar-refractivity contribution is 0.0980. The van der Waals surface area contributed by atoms with E-state index in [1.54, 1.807) is 6.20 Å². The number of nitrogens with zero attached hydrogens (tertiary/aromatic N) is 1. The molecule has 0 bridgehead atoms. The van der Waals surface area contributed by atoms with Crippen LogP contribution in [0.15, 0.2) is 66.9 Å². The smallest absolute Gasteiger partial charge is 0.162 e. The number of aryl methyl sites for hydroxylation is 1. The van der Waals surface area contributed by atoms with E-state index >= 15 is 0 Å². The second kappa shape index (κ2) is 6.31. The Morgan fingerprint density at radius 3 is 2.67 bits per heavy atom. The minimum absolute atomic E-state index is 0.205. The van der Waals surface area contributed by atoms with Crippen LogP contribution in [0.2, 0.25) is 0 Å². The van der Waals surface area contributed by atoms with E-state index in [-0.39, 0.29) is 5.78 Å². The van der Waals surface area contributed by atoms with Crippen LogP contribution in [0.25, 0.3) is 10.9 Å². The number of hydrogen-bond donors (Lipinski definition) is 0. The second-order valence-electron chi connectivity index (χ2n) is 5.17. The van der Waals surface area contributed by atoms with E-state index in [0.717, 1.165) is 29.3 Å². The van der Waals surface area contributed by atoms with Gasteiger partial charge >= 0.3 is 0 Å². The summed E-state index contributed by atoms with van der Waals surface area (Å²) in [7, 11) is 0. The molecule has 1 heterocycles. The number of Topliss-reactive ketones (excluding diaryl/α,β-unsaturated/α-hetero) is 1. The van der Waals surface area contributed by atoms with Gasteiger partial charge in [0.05, 0.1) is 5.52 Å². The summed E-state index contributed by atoms with van der Waals surface area (Å²) in [6.45, 7) is 0. The number of hydrogen-bond acceptors (Lipinski definition) is 2. The van der Waals surface area contributed by atoms with E-state index in [1.807, 2.05) is 48.5 Å². The summed E-state index contributed by atoms with van der Waals surface area (Å²) < 4.78 is 0. The lowest BCUT2D eigenvalue weighted by Gasteiger charge is -2.03. The molecule has 3 rings (SSSR count). The summed E-state index contributed by atoms with van der Waals surface area (Å²) in [6.07, 6.45) is 4.18. The van der Waals surface area contributed by atoms with Crippen molar-refractivity contribution >= 4 is 16.7 Å². The highest BCUT2D eigenvalue weighted by molar-refractivity contribution is 5.99. The molecule has 0 unspecified atom stereocenters. The van der Waals surface area contributed by atoms with Crippen LogP contribution < -0.4 is 0 Å². The molecule has 0 spiro atoms. The molecule has 0 amide bonds. The van der Waals surface area contributed by atoms with Crippen molar-refractivity contribution in [2.45, 2.75) is 19.3 Å². The first-order valence-corrected chi connectivity index (χ1v) is 7.25. The number of benzene rings is 2. The largest absolute Gasteiger partial charge is 0.294 e. The first-order chi connectivity index (χ1) is 10.3. The molecular weight excluding hydrogens is 258 g/mol. The molecule has 1 aromatic heterocycles. The molecular formula is C19H17NO. The second-order valence-corrected chi connectivity index (χ2v) is 5.17. The average molecular weight is 275 g/mol. The predicted molar refractivity (Wildman–Crippen MR) is 85.5 cm³/mol. The van der Waals surface area contributed by atoms with Crippen molar-refractivity contribution in [1.29, 1.82) is 0 Å². The highest BCUT2D eigenvalue weighted by Crippen LogP contribution is 2.16. The van der Waals surface area contributed by atoms with Crippen molar-refractivity contribution in [2.75, 3.05) is 0 Å². The minimum atomic E-state index is 0.205. The maximum atomic E-state index is 12.3. The van der Waals surface area contributed by atoms with E-state index in [1.165, 1.54) is 5.56 Å². The SMILES string of the molecule is O=C(CCCc1ccccc1)c1ccc2ncccc2c1. The molecule has 2 heteroatoms. The number of fused-ring (bicyclic) bond motifs is 1. The fraction of sp³-hybridized carbons (Fsp3) is 0.158. The fourth-order valence-electron chi connectivity index (χ4n) is 2.49. The monoisotopic (exact) mass is 275 g/mol. The van der Waals surface area contributed by atoms with E-state index in [0.29, 0.717) is 6.42 Å². The summed E-state index contributed by atoms with van der Waals surface area (Å²) in [5.41, 5.74) is 3.00. The Labute approximate surface area is 124 Å². The molecule has 0 fully saturated rings. The molecule has 0 aliphatic heterocycles. The van der Waals surface area contributed by atoms with E-state index in [2.05, 4.69) is 17.1 Å². The molecule has 2 nitrogen and oxygen atoms in total. The first-order valence-electron chi connectivity index (χ1n) is 7.25. The van der Waals surface area contributed by atoms with Gasteiger partial charge in [-0.05, 0) is 42.7 Å². The number of ketones is 1. The average Bonchev–Trinajstić information content (AvgIpc) is 2.55. The zero-order valence-corrected chi connectivity index (χ0v) is 11.8. The van der Waals surface area contributed by atoms with Gasteiger partial charge in [-0.1, -0.05) is 36.4 Å². The first kappa shape index (κ1) is 13.5. The summed E-state index contributed by atoms with van der Waals surface area (Å²) in [5, 5.41) is 1.02. The van der Waals surface area contributed by atoms with Gasteiger partial charge in [0, 0.05) is 23.6 Å². The van der Waals surface area contributed by atoms with E-state index in [4.69, 9.17) is 0 Å². The van der Waals surface area contributed by atoms with Crippen molar-refractivity contribution in [1.82, 2.24) is 4.98 Å². The van der Waals surface area contributed by atoms with Gasteiger partial charge in [-0.15, -0.1) is 0 Å². The van der Waals surface area contributed by atoms with Crippen molar-refractivity contribution in [3.05, 3.63) is 78.0 Å². The van der Waals surface area contributed by atoms with E-state index < -0.39 is 0 Å². The predicted octanol–water partition coefficient (Wildman–Crippen LogP) is 4.44. The van der Waals surface area contributed by atoms with Crippen LogP contribution in [0.4, 0.5) is 0 Å². The van der Waals surface area contributed by atoms with Crippen LogP contribution in [0.1, 0.15) is 28.8 Å². The molecule has 0 saturated heterocycles. The Bertz CT molecular complexity index is 750. The van der Waals surface area contributed by atoms with Crippen LogP contribution in [-0.4, -0.2) is 10.8 Å². The standard InChI is InChI=1S/C19H17NO/c21-19(10-4-8-15-6-2-1-3-7-15)17-11-12-18-16(14-17)9-5-13-20-18/h1-3,5-7,9,11-14H,4,8,10H2. The molecule has 0 aliphatic carbocycles. The topological polar surface area (TPSA) is 30.0 Å². The zero-order valence-electron chi connectivity index (χ0n) is 11.8. The minimum Gasteiger partial charge on any atom is -0.294 e. The normalized spacial score (nSPS) is 10.7. The lowest BCUT2D eigenvalue weighted by Crippen LogP contribution is -2.00. The Kier molecular flexibility index (Phi) is 4.06. The van der Waals surface area contributed by atoms with Gasteiger partial charge in [-0.25, -0.2) is 0 Å². The third-order valence-electron chi connectivity index (χ3n) is 3.64. The quantitative estimate of drug-likeness (QED) is 0.644. The zero-order chi connectivity index (χ0) is 14.5. The van der Waals surface area contributed by atoms with Gasteiger partial charge in [0.25, 0.3) is 0 Å². The maximum Gasteiger partial charge on any atom is 0.162 e. The van der Waals surface area contributed by atoms with Gasteiger partial charge in [0.1, 0.15) is 0 Å². The van der Waals surface area contributed by atoms with Gasteiger partial charge < -0.3 is 0 Å². The molecule has 104 valence electrons. The number of rotatable bonds is 5. The summed E-state index contributed by atoms with van der Waals surface area (Å²) in [5.74, 6) is 0.205. The molecule has 0 aliphatic rings. The molecule has 0 saturated carbocycles. The van der Waals surface area contributed by atoms with Gasteiger partial charge in [-0.2, -0.15) is 0 Å². The van der Waals surface area contributed by atoms with Gasteiger partial charge in [0.15, 0.2) is 5.78 Å². The highest BCUT2D eigenvalue weighted by atomic mass is 16.1. The summed E-state index contributed by atoms with van der Waals surface area (Å²) >= 11 is 0. The van der Waals surface area contributed by atoms with Crippen molar-refractivity contribution in [2.24, 2.45) is 0 Å². The Hall–Kier alpha value is -2.48. The molecule has 0 atom stereocenters. The van der Waals surface area contributed by atoms with Gasteiger partial charge in [0.2, 0.25) is 0 Å². The van der Waals surface area contributed by atoms with Crippen LogP contribution in [0, 0.1) is 0 Å². The molecule has 0 N–H and O–H groups in total. The Morgan fingerprint density at radius 1 is 0.952 bits per heavy atom. The van der Waals surface area contributed by atoms with Crippen LogP contribution in [0.5, 0.6) is 0 Å². The molecule has 21 heavy (non-hydrogen) atoms. The van der Waals surface area contributed by atoms with Crippen molar-refractivity contribution < 1.29 is 4.79 Å². The summed E-state index contributed by atoms with van der Waals surface area (Å²) in [4.78, 5) is 16.5. The molecule has 0 radical (unpaired) electrons. The fourth-order valence-corrected chi connectivity index (χ4v) is 2.49. The number of carbonyl (C=O) groups excluding carboxylic acids is 1. The van der Waals surface area contributed by atoms with Gasteiger partial charge in [-0.3, -0.25) is 9.78 Å². The number of carbonyl (C=O) groups is 1. The van der Waals surface area contributed by atoms with E-state index in [9.17, 15) is 4.79 Å². The highest BCUT2D eigenvalue weighted by Gasteiger charge is 2.07. The Morgan fingerprint density at radius 2 is 1.81 bits per heavy atom. The van der Waals surface area contributed by atoms with Crippen molar-refractivity contribution in [3.8, 4) is 0 Å². The maximum absolute atomic E-state index is 12.3. The summed E-state index contributed by atoms with van der Waals surface area (Å²) in [6, 6.07) is 19.9. The van der Waals surface area contributed by atoms with Crippen LogP contribution in [0.3, 0.4) is 0 Å². The third-order valence-corrected chi connectivity index (χ3v) is 3.64. The Balaban J connectivity index is 1.64. The van der Waals surface area contributed by atoms with Crippen LogP contribution in [-0.2, 0) is 6.42 Å². The lowest BCUT2D eigenvalue weighted by atomic mass is 10.0. The van der Waals surface area contributed by atoms with Crippen molar-refractivity contribution in [3.63, 3.8) is 0 Å². The van der Waals surface area contributed by atoms with Crippen LogP contribution >= 0.6 is 0 Å².